The molecule has 5 heteroatoms. The number of pyridine rings is 1. The van der Waals surface area contributed by atoms with Crippen molar-refractivity contribution >= 4 is 5.69 Å². The second-order valence-corrected chi connectivity index (χ2v) is 3.46. The van der Waals surface area contributed by atoms with Crippen molar-refractivity contribution in [1.29, 1.82) is 0 Å². The van der Waals surface area contributed by atoms with Crippen molar-refractivity contribution in [2.75, 3.05) is 5.73 Å². The first kappa shape index (κ1) is 9.51. The van der Waals surface area contributed by atoms with Gasteiger partial charge in [-0.25, -0.2) is 0 Å². The lowest BCUT2D eigenvalue weighted by atomic mass is 10.3. The molecule has 0 amide bonds. The van der Waals surface area contributed by atoms with Gasteiger partial charge in [-0.1, -0.05) is 0 Å². The minimum atomic E-state index is -0.218. The summed E-state index contributed by atoms with van der Waals surface area (Å²) in [5, 5.41) is 4.01. The molecular formula is C10H12N4O. The molecule has 0 radical (unpaired) electrons. The molecule has 0 spiro atoms. The van der Waals surface area contributed by atoms with Crippen LogP contribution in [0.25, 0.3) is 5.82 Å². The van der Waals surface area contributed by atoms with Gasteiger partial charge in [-0.15, -0.1) is 0 Å². The molecule has 5 nitrogen and oxygen atoms in total. The number of nitrogens with zero attached hydrogens (tertiary/aromatic N) is 3. The van der Waals surface area contributed by atoms with Crippen LogP contribution in [0, 0.1) is 6.92 Å². The summed E-state index contributed by atoms with van der Waals surface area (Å²) < 4.78 is 3.12. The number of hydrogen-bond donors (Lipinski definition) is 1. The molecule has 0 unspecified atom stereocenters. The van der Waals surface area contributed by atoms with Crippen LogP contribution in [-0.2, 0) is 7.05 Å². The van der Waals surface area contributed by atoms with Crippen LogP contribution in [0.4, 0.5) is 5.69 Å². The first-order valence-electron chi connectivity index (χ1n) is 4.57. The third-order valence-corrected chi connectivity index (χ3v) is 2.22. The van der Waals surface area contributed by atoms with Gasteiger partial charge < -0.3 is 5.73 Å². The molecule has 0 atom stereocenters. The Hall–Kier alpha value is -2.04. The third-order valence-electron chi connectivity index (χ3n) is 2.22. The molecule has 2 heterocycles. The Labute approximate surface area is 86.8 Å². The van der Waals surface area contributed by atoms with Crippen LogP contribution in [0.5, 0.6) is 0 Å². The van der Waals surface area contributed by atoms with E-state index in [0.717, 1.165) is 5.56 Å². The van der Waals surface area contributed by atoms with Crippen molar-refractivity contribution in [3.05, 3.63) is 40.4 Å². The number of aryl methyl sites for hydroxylation is 2. The molecule has 0 aliphatic rings. The van der Waals surface area contributed by atoms with E-state index in [1.54, 1.807) is 36.3 Å². The van der Waals surface area contributed by atoms with E-state index in [1.807, 2.05) is 6.92 Å². The van der Waals surface area contributed by atoms with Crippen LogP contribution in [0.2, 0.25) is 0 Å². The molecule has 0 aromatic carbocycles. The molecule has 0 fully saturated rings. The van der Waals surface area contributed by atoms with Crippen molar-refractivity contribution in [2.45, 2.75) is 6.92 Å². The Morgan fingerprint density at radius 2 is 2.20 bits per heavy atom. The zero-order valence-electron chi connectivity index (χ0n) is 8.64. The highest BCUT2D eigenvalue weighted by molar-refractivity contribution is 5.40. The van der Waals surface area contributed by atoms with Crippen molar-refractivity contribution < 1.29 is 0 Å². The predicted molar refractivity (Wildman–Crippen MR) is 58.0 cm³/mol. The summed E-state index contributed by atoms with van der Waals surface area (Å²) in [6, 6.07) is 3.43. The monoisotopic (exact) mass is 204 g/mol. The van der Waals surface area contributed by atoms with Crippen LogP contribution >= 0.6 is 0 Å². The lowest BCUT2D eigenvalue weighted by Crippen LogP contribution is -2.23. The Morgan fingerprint density at radius 1 is 1.47 bits per heavy atom. The summed E-state index contributed by atoms with van der Waals surface area (Å²) in [6.07, 6.45) is 3.38. The van der Waals surface area contributed by atoms with E-state index in [0.29, 0.717) is 5.82 Å². The Kier molecular flexibility index (Phi) is 2.07. The average molecular weight is 204 g/mol. The van der Waals surface area contributed by atoms with Gasteiger partial charge in [0, 0.05) is 19.3 Å². The van der Waals surface area contributed by atoms with E-state index < -0.39 is 0 Å². The largest absolute Gasteiger partial charge is 0.394 e. The Bertz CT molecular complexity index is 553. The number of anilines is 1. The SMILES string of the molecule is Cc1cc(N)c(=O)n(-c2ccnn2C)c1. The quantitative estimate of drug-likeness (QED) is 0.734. The molecule has 2 aromatic heterocycles. The molecule has 0 bridgehead atoms. The number of nitrogens with two attached hydrogens (primary N) is 1. The van der Waals surface area contributed by atoms with Gasteiger partial charge in [0.1, 0.15) is 5.82 Å². The number of hydrogen-bond acceptors (Lipinski definition) is 3. The topological polar surface area (TPSA) is 65.8 Å². The van der Waals surface area contributed by atoms with Crippen LogP contribution in [0.3, 0.4) is 0 Å². The standard InChI is InChI=1S/C10H12N4O/c1-7-5-8(11)10(15)14(6-7)9-3-4-12-13(9)2/h3-6H,11H2,1-2H3. The van der Waals surface area contributed by atoms with Gasteiger partial charge in [-0.3, -0.25) is 14.0 Å². The van der Waals surface area contributed by atoms with Crippen molar-refractivity contribution in [3.63, 3.8) is 0 Å². The Balaban J connectivity index is 2.74. The highest BCUT2D eigenvalue weighted by Crippen LogP contribution is 2.06. The summed E-state index contributed by atoms with van der Waals surface area (Å²) >= 11 is 0. The van der Waals surface area contributed by atoms with Gasteiger partial charge >= 0.3 is 0 Å². The smallest absolute Gasteiger partial charge is 0.279 e. The van der Waals surface area contributed by atoms with Crippen LogP contribution in [-0.4, -0.2) is 14.3 Å². The van der Waals surface area contributed by atoms with E-state index in [4.69, 9.17) is 5.73 Å². The van der Waals surface area contributed by atoms with Crippen LogP contribution in [0.15, 0.2) is 29.3 Å². The maximum absolute atomic E-state index is 11.8. The van der Waals surface area contributed by atoms with Gasteiger partial charge in [0.25, 0.3) is 5.56 Å². The second-order valence-electron chi connectivity index (χ2n) is 3.46. The summed E-state index contributed by atoms with van der Waals surface area (Å²) in [7, 11) is 1.78. The van der Waals surface area contributed by atoms with Crippen LogP contribution < -0.4 is 11.3 Å². The molecule has 0 aliphatic heterocycles. The molecule has 0 saturated heterocycles. The molecular weight excluding hydrogens is 192 g/mol. The van der Waals surface area contributed by atoms with E-state index in [1.165, 1.54) is 4.57 Å². The number of nitrogen functional groups attached to an aromatic ring is 1. The summed E-state index contributed by atoms with van der Waals surface area (Å²) in [5.74, 6) is 0.704. The van der Waals surface area contributed by atoms with E-state index in [9.17, 15) is 4.79 Å². The molecule has 2 N–H and O–H groups in total. The summed E-state index contributed by atoms with van der Waals surface area (Å²) in [4.78, 5) is 11.8. The van der Waals surface area contributed by atoms with E-state index in [-0.39, 0.29) is 11.2 Å². The maximum Gasteiger partial charge on any atom is 0.279 e. The van der Waals surface area contributed by atoms with Gasteiger partial charge in [-0.2, -0.15) is 5.10 Å². The van der Waals surface area contributed by atoms with Gasteiger partial charge in [-0.05, 0) is 18.6 Å². The normalized spacial score (nSPS) is 10.5. The third kappa shape index (κ3) is 1.52. The molecule has 2 aromatic rings. The first-order chi connectivity index (χ1) is 7.09. The maximum atomic E-state index is 11.8. The average Bonchev–Trinajstić information content (AvgIpc) is 2.58. The fraction of sp³-hybridized carbons (Fsp3) is 0.200. The highest BCUT2D eigenvalue weighted by Gasteiger charge is 2.06. The first-order valence-corrected chi connectivity index (χ1v) is 4.57. The molecule has 78 valence electrons. The minimum absolute atomic E-state index is 0.218. The number of rotatable bonds is 1. The number of aromatic nitrogens is 3. The van der Waals surface area contributed by atoms with Crippen molar-refractivity contribution in [2.24, 2.45) is 7.05 Å². The van der Waals surface area contributed by atoms with Gasteiger partial charge in [0.15, 0.2) is 0 Å². The zero-order valence-corrected chi connectivity index (χ0v) is 8.64. The minimum Gasteiger partial charge on any atom is -0.394 e. The fourth-order valence-electron chi connectivity index (χ4n) is 1.52. The van der Waals surface area contributed by atoms with E-state index >= 15 is 0 Å². The lowest BCUT2D eigenvalue weighted by Gasteiger charge is -2.07. The summed E-state index contributed by atoms with van der Waals surface area (Å²) in [5.41, 5.74) is 6.58. The van der Waals surface area contributed by atoms with Gasteiger partial charge in [0.2, 0.25) is 0 Å². The Morgan fingerprint density at radius 3 is 2.80 bits per heavy atom. The zero-order chi connectivity index (χ0) is 11.0. The lowest BCUT2D eigenvalue weighted by molar-refractivity contribution is 0.721. The molecule has 2 rings (SSSR count). The van der Waals surface area contributed by atoms with Gasteiger partial charge in [0.05, 0.1) is 11.9 Å². The molecule has 15 heavy (non-hydrogen) atoms. The van der Waals surface area contributed by atoms with Crippen molar-refractivity contribution in [3.8, 4) is 5.82 Å². The highest BCUT2D eigenvalue weighted by atomic mass is 16.1. The predicted octanol–water partition coefficient (Wildman–Crippen LogP) is 0.462. The fourth-order valence-corrected chi connectivity index (χ4v) is 1.52. The molecule has 0 saturated carbocycles. The van der Waals surface area contributed by atoms with Crippen molar-refractivity contribution in [1.82, 2.24) is 14.3 Å². The van der Waals surface area contributed by atoms with E-state index in [2.05, 4.69) is 5.10 Å². The van der Waals surface area contributed by atoms with Crippen LogP contribution in [0.1, 0.15) is 5.56 Å². The summed E-state index contributed by atoms with van der Waals surface area (Å²) in [6.45, 7) is 1.89. The second kappa shape index (κ2) is 3.27. The molecule has 0 aliphatic carbocycles.